The van der Waals surface area contributed by atoms with Crippen molar-refractivity contribution in [3.05, 3.63) is 54.1 Å². The summed E-state index contributed by atoms with van der Waals surface area (Å²) in [6, 6.07) is 10.3. The normalized spacial score (nSPS) is 24.6. The highest BCUT2D eigenvalue weighted by Crippen LogP contribution is 2.44. The number of benzene rings is 1. The van der Waals surface area contributed by atoms with E-state index in [0.717, 1.165) is 18.8 Å². The number of ether oxygens (including phenoxy) is 1. The molecule has 0 spiro atoms. The summed E-state index contributed by atoms with van der Waals surface area (Å²) < 4.78 is 6.82. The molecule has 5 rings (SSSR count). The maximum atomic E-state index is 13.0. The molecule has 3 atom stereocenters. The van der Waals surface area contributed by atoms with Gasteiger partial charge in [0.1, 0.15) is 5.75 Å². The van der Waals surface area contributed by atoms with E-state index in [9.17, 15) is 4.79 Å². The molecule has 2 aromatic heterocycles. The molecule has 0 bridgehead atoms. The van der Waals surface area contributed by atoms with Crippen LogP contribution in [0.5, 0.6) is 5.75 Å². The van der Waals surface area contributed by atoms with Crippen LogP contribution in [0, 0.1) is 11.8 Å². The van der Waals surface area contributed by atoms with E-state index in [0.29, 0.717) is 30.2 Å². The standard InChI is InChI=1S/C20H22N6O2/c1-24-10-14-11-25(19(27)18-22-20-21-8-3-9-26(20)23-18)12-16(14)17(24)13-4-6-15(28-2)7-5-13/h3-9,14,16-17H,10-12H2,1-2H3/t14-,16+,17+/m0/s1. The first-order chi connectivity index (χ1) is 13.6. The lowest BCUT2D eigenvalue weighted by Crippen LogP contribution is -2.34. The average molecular weight is 378 g/mol. The molecule has 4 heterocycles. The minimum Gasteiger partial charge on any atom is -0.497 e. The fourth-order valence-corrected chi connectivity index (χ4v) is 4.69. The summed E-state index contributed by atoms with van der Waals surface area (Å²) in [4.78, 5) is 25.7. The van der Waals surface area contributed by atoms with E-state index < -0.39 is 0 Å². The van der Waals surface area contributed by atoms with Gasteiger partial charge in [0.25, 0.3) is 11.7 Å². The Morgan fingerprint density at radius 2 is 2.00 bits per heavy atom. The van der Waals surface area contributed by atoms with Crippen LogP contribution in [0.15, 0.2) is 42.7 Å². The number of carbonyl (C=O) groups is 1. The maximum absolute atomic E-state index is 13.0. The number of nitrogens with zero attached hydrogens (tertiary/aromatic N) is 6. The minimum atomic E-state index is -0.115. The second kappa shape index (κ2) is 6.56. The molecule has 2 saturated heterocycles. The Hall–Kier alpha value is -3.00. The van der Waals surface area contributed by atoms with Crippen molar-refractivity contribution in [3.8, 4) is 5.75 Å². The van der Waals surface area contributed by atoms with E-state index in [1.807, 2.05) is 17.0 Å². The van der Waals surface area contributed by atoms with Gasteiger partial charge in [0.05, 0.1) is 7.11 Å². The number of hydrogen-bond acceptors (Lipinski definition) is 6. The molecule has 8 heteroatoms. The number of aromatic nitrogens is 4. The van der Waals surface area contributed by atoms with Gasteiger partial charge in [-0.25, -0.2) is 9.50 Å². The third-order valence-electron chi connectivity index (χ3n) is 5.95. The quantitative estimate of drug-likeness (QED) is 0.688. The Bertz CT molecular complexity index is 984. The van der Waals surface area contributed by atoms with Crippen LogP contribution in [-0.4, -0.2) is 69.1 Å². The lowest BCUT2D eigenvalue weighted by Gasteiger charge is -2.26. The van der Waals surface area contributed by atoms with Crippen molar-refractivity contribution in [3.63, 3.8) is 0 Å². The molecule has 2 aliphatic rings. The van der Waals surface area contributed by atoms with Gasteiger partial charge in [-0.3, -0.25) is 9.69 Å². The van der Waals surface area contributed by atoms with Gasteiger partial charge in [0, 0.05) is 44.0 Å². The largest absolute Gasteiger partial charge is 0.497 e. The van der Waals surface area contributed by atoms with Gasteiger partial charge in [-0.05, 0) is 36.7 Å². The lowest BCUT2D eigenvalue weighted by molar-refractivity contribution is 0.0756. The number of carbonyl (C=O) groups excluding carboxylic acids is 1. The molecule has 0 aliphatic carbocycles. The zero-order chi connectivity index (χ0) is 19.3. The Balaban J connectivity index is 1.37. The molecule has 0 unspecified atom stereocenters. The van der Waals surface area contributed by atoms with Crippen LogP contribution >= 0.6 is 0 Å². The molecule has 1 amide bonds. The maximum Gasteiger partial charge on any atom is 0.293 e. The fraction of sp³-hybridized carbons (Fsp3) is 0.400. The zero-order valence-electron chi connectivity index (χ0n) is 15.9. The van der Waals surface area contributed by atoms with Crippen LogP contribution in [0.25, 0.3) is 5.78 Å². The molecular formula is C20H22N6O2. The Morgan fingerprint density at radius 1 is 1.18 bits per heavy atom. The minimum absolute atomic E-state index is 0.115. The van der Waals surface area contributed by atoms with Crippen LogP contribution in [0.1, 0.15) is 22.2 Å². The second-order valence-electron chi connectivity index (χ2n) is 7.59. The van der Waals surface area contributed by atoms with Crippen molar-refractivity contribution in [2.75, 3.05) is 33.8 Å². The molecule has 8 nitrogen and oxygen atoms in total. The number of rotatable bonds is 3. The van der Waals surface area contributed by atoms with Crippen molar-refractivity contribution in [2.45, 2.75) is 6.04 Å². The summed E-state index contributed by atoms with van der Waals surface area (Å²) in [6.45, 7) is 2.43. The molecule has 28 heavy (non-hydrogen) atoms. The van der Waals surface area contributed by atoms with Crippen LogP contribution in [0.2, 0.25) is 0 Å². The molecule has 0 radical (unpaired) electrons. The highest BCUT2D eigenvalue weighted by Gasteiger charge is 2.47. The van der Waals surface area contributed by atoms with Gasteiger partial charge in [0.2, 0.25) is 5.82 Å². The third-order valence-corrected chi connectivity index (χ3v) is 5.95. The molecular weight excluding hydrogens is 356 g/mol. The molecule has 144 valence electrons. The first kappa shape index (κ1) is 17.1. The zero-order valence-corrected chi connectivity index (χ0v) is 15.9. The molecule has 2 aliphatic heterocycles. The highest BCUT2D eigenvalue weighted by atomic mass is 16.5. The Kier molecular flexibility index (Phi) is 4.01. The molecule has 0 N–H and O–H groups in total. The highest BCUT2D eigenvalue weighted by molar-refractivity contribution is 5.91. The first-order valence-corrected chi connectivity index (χ1v) is 9.45. The van der Waals surface area contributed by atoms with Crippen molar-refractivity contribution in [1.29, 1.82) is 0 Å². The number of fused-ring (bicyclic) bond motifs is 2. The van der Waals surface area contributed by atoms with Crippen LogP contribution in [0.3, 0.4) is 0 Å². The van der Waals surface area contributed by atoms with Gasteiger partial charge < -0.3 is 9.64 Å². The first-order valence-electron chi connectivity index (χ1n) is 9.45. The Morgan fingerprint density at radius 3 is 2.75 bits per heavy atom. The van der Waals surface area contributed by atoms with Crippen molar-refractivity contribution >= 4 is 11.7 Å². The van der Waals surface area contributed by atoms with Gasteiger partial charge in [-0.1, -0.05) is 12.1 Å². The van der Waals surface area contributed by atoms with Crippen LogP contribution in [0.4, 0.5) is 0 Å². The van der Waals surface area contributed by atoms with Crippen molar-refractivity contribution in [2.24, 2.45) is 11.8 Å². The number of likely N-dealkylation sites (tertiary alicyclic amines) is 2. The summed E-state index contributed by atoms with van der Waals surface area (Å²) in [5, 5.41) is 4.29. The van der Waals surface area contributed by atoms with Gasteiger partial charge in [0.15, 0.2) is 0 Å². The summed E-state index contributed by atoms with van der Waals surface area (Å²) in [5.74, 6) is 2.26. The van der Waals surface area contributed by atoms with Crippen LogP contribution in [-0.2, 0) is 0 Å². The van der Waals surface area contributed by atoms with Crippen LogP contribution < -0.4 is 4.74 Å². The average Bonchev–Trinajstić information content (AvgIpc) is 3.39. The number of hydrogen-bond donors (Lipinski definition) is 0. The van der Waals surface area contributed by atoms with Gasteiger partial charge in [-0.15, -0.1) is 5.10 Å². The van der Waals surface area contributed by atoms with Gasteiger partial charge in [-0.2, -0.15) is 4.98 Å². The Labute approximate surface area is 162 Å². The third kappa shape index (κ3) is 2.72. The predicted octanol–water partition coefficient (Wildman–Crippen LogP) is 1.51. The fourth-order valence-electron chi connectivity index (χ4n) is 4.69. The van der Waals surface area contributed by atoms with E-state index in [-0.39, 0.29) is 11.7 Å². The molecule has 3 aromatic rings. The van der Waals surface area contributed by atoms with E-state index in [2.05, 4.69) is 39.1 Å². The lowest BCUT2D eigenvalue weighted by atomic mass is 9.89. The van der Waals surface area contributed by atoms with Gasteiger partial charge >= 0.3 is 0 Å². The second-order valence-corrected chi connectivity index (χ2v) is 7.59. The topological polar surface area (TPSA) is 75.9 Å². The summed E-state index contributed by atoms with van der Waals surface area (Å²) >= 11 is 0. The summed E-state index contributed by atoms with van der Waals surface area (Å²) in [6.07, 6.45) is 3.40. The van der Waals surface area contributed by atoms with E-state index in [1.165, 1.54) is 10.1 Å². The van der Waals surface area contributed by atoms with Crippen molar-refractivity contribution < 1.29 is 9.53 Å². The SMILES string of the molecule is COc1ccc([C@@H]2[C@@H]3CN(C(=O)c4nc5ncccn5n4)C[C@@H]3CN2C)cc1. The smallest absolute Gasteiger partial charge is 0.293 e. The van der Waals surface area contributed by atoms with E-state index in [1.54, 1.807) is 25.6 Å². The molecule has 1 aromatic carbocycles. The summed E-state index contributed by atoms with van der Waals surface area (Å²) in [7, 11) is 3.84. The van der Waals surface area contributed by atoms with Crippen molar-refractivity contribution in [1.82, 2.24) is 29.4 Å². The van der Waals surface area contributed by atoms with E-state index >= 15 is 0 Å². The predicted molar refractivity (Wildman–Crippen MR) is 102 cm³/mol. The number of methoxy groups -OCH3 is 1. The van der Waals surface area contributed by atoms with E-state index in [4.69, 9.17) is 4.74 Å². The summed E-state index contributed by atoms with van der Waals surface area (Å²) in [5.41, 5.74) is 1.26. The monoisotopic (exact) mass is 378 g/mol. The molecule has 0 saturated carbocycles. The number of amides is 1. The molecule has 2 fully saturated rings.